The van der Waals surface area contributed by atoms with Gasteiger partial charge in [0, 0.05) is 68.4 Å². The number of carbonyl (C=O) groups is 4. The van der Waals surface area contributed by atoms with E-state index < -0.39 is 173 Å². The number of aliphatic hydroxyl groups is 6. The van der Waals surface area contributed by atoms with Gasteiger partial charge < -0.3 is 89.4 Å². The van der Waals surface area contributed by atoms with Crippen molar-refractivity contribution >= 4 is 23.6 Å². The molecule has 3 aliphatic carbocycles. The van der Waals surface area contributed by atoms with E-state index in [0.717, 1.165) is 6.92 Å². The van der Waals surface area contributed by atoms with Gasteiger partial charge >= 0.3 is 12.0 Å². The first kappa shape index (κ1) is 52.3. The van der Waals surface area contributed by atoms with Crippen LogP contribution in [-0.4, -0.2) is 181 Å². The molecule has 4 saturated heterocycles. The molecule has 10 N–H and O–H groups in total. The van der Waals surface area contributed by atoms with Crippen molar-refractivity contribution in [2.45, 2.75) is 208 Å². The Morgan fingerprint density at radius 3 is 2.11 bits per heavy atom. The maximum absolute atomic E-state index is 14.9. The summed E-state index contributed by atoms with van der Waals surface area (Å²) in [5, 5.41) is 86.1. The number of ketones is 2. The molecular formula is C48H66N2O20. The zero-order chi connectivity index (χ0) is 51.1. The van der Waals surface area contributed by atoms with Gasteiger partial charge in [0.25, 0.3) is 0 Å². The van der Waals surface area contributed by atoms with Crippen LogP contribution >= 0.6 is 0 Å². The van der Waals surface area contributed by atoms with Crippen LogP contribution in [0.4, 0.5) is 4.79 Å². The molecule has 20 atom stereocenters. The Balaban J connectivity index is 1.06. The quantitative estimate of drug-likeness (QED) is 0.114. The molecule has 0 radical (unpaired) electrons. The standard InChI is InChI=1S/C48H66N2O20/c1-18-13-30(69-32-15-28(62-8)37(52)21(4)65-32)48(61)36-35(42(57)44(67-23(6)51)47(48,60)16-18)41(56)34-25(40(36)55)10-9-24(39(34)54)27-14-29(38(53)20(3)63-27)68-33-17-46(7,59)43(22(5)66-33)70-31-12-11-26(19(2)64-31)50-45(49)58/h9-10,13,19-22,26-33,37-38,42-44,52-54,57,59-61H,11-12,14-17H2,1-8H3,(H3,49,50,58)/t19-,20-,21+,22-,26+,27-,28-,29-,30-,31+,32+,33+,37-,38-,42-,43-,44-,46+,47-,48+/m1/s1. The number of nitrogens with two attached hydrogens (primary N) is 1. The van der Waals surface area contributed by atoms with Gasteiger partial charge in [-0.25, -0.2) is 4.79 Å². The highest BCUT2D eigenvalue weighted by atomic mass is 16.7. The lowest BCUT2D eigenvalue weighted by molar-refractivity contribution is -0.333. The lowest BCUT2D eigenvalue weighted by atomic mass is 9.55. The molecule has 0 spiro atoms. The number of hydrogen-bond donors (Lipinski definition) is 9. The molecular weight excluding hydrogens is 925 g/mol. The van der Waals surface area contributed by atoms with E-state index in [1.54, 1.807) is 41.5 Å². The highest BCUT2D eigenvalue weighted by Crippen LogP contribution is 2.56. The number of rotatable bonds is 10. The van der Waals surface area contributed by atoms with Crippen LogP contribution in [0, 0.1) is 0 Å². The van der Waals surface area contributed by atoms with Crippen molar-refractivity contribution in [1.82, 2.24) is 5.32 Å². The average Bonchev–Trinajstić information content (AvgIpc) is 3.26. The number of nitrogens with one attached hydrogen (secondary N) is 1. The van der Waals surface area contributed by atoms with E-state index >= 15 is 0 Å². The minimum Gasteiger partial charge on any atom is -0.507 e. The third-order valence-corrected chi connectivity index (χ3v) is 15.1. The summed E-state index contributed by atoms with van der Waals surface area (Å²) >= 11 is 0. The van der Waals surface area contributed by atoms with E-state index in [2.05, 4.69) is 5.32 Å². The Morgan fingerprint density at radius 2 is 1.47 bits per heavy atom. The van der Waals surface area contributed by atoms with Crippen molar-refractivity contribution in [2.75, 3.05) is 7.11 Å². The number of hydrogen-bond acceptors (Lipinski definition) is 20. The second kappa shape index (κ2) is 19.5. The number of esters is 1. The Hall–Kier alpha value is -3.98. The molecule has 4 fully saturated rings. The van der Waals surface area contributed by atoms with Crippen LogP contribution in [0.15, 0.2) is 34.9 Å². The Kier molecular flexibility index (Phi) is 14.6. The summed E-state index contributed by atoms with van der Waals surface area (Å²) in [4.78, 5) is 53.9. The number of phenols is 1. The van der Waals surface area contributed by atoms with Gasteiger partial charge in [-0.15, -0.1) is 0 Å². The van der Waals surface area contributed by atoms with Crippen LogP contribution in [0.25, 0.3) is 0 Å². The first-order valence-electron chi connectivity index (χ1n) is 23.7. The third kappa shape index (κ3) is 9.11. The Bertz CT molecular complexity index is 2290. The number of Topliss-reactive ketones (excluding diaryl/α,β-unsaturated/α-hetero) is 2. The monoisotopic (exact) mass is 990 g/mol. The molecule has 22 heteroatoms. The lowest BCUT2D eigenvalue weighted by Gasteiger charge is -2.58. The normalized spacial score (nSPS) is 44.1. The number of primary amides is 1. The predicted molar refractivity (Wildman–Crippen MR) is 238 cm³/mol. The fourth-order valence-electron chi connectivity index (χ4n) is 11.6. The van der Waals surface area contributed by atoms with Crippen molar-refractivity contribution in [3.05, 3.63) is 51.6 Å². The van der Waals surface area contributed by atoms with Gasteiger partial charge in [0.15, 0.2) is 42.1 Å². The fraction of sp³-hybridized carbons (Fsp3) is 0.708. The number of urea groups is 1. The minimum atomic E-state index is -2.90. The van der Waals surface area contributed by atoms with E-state index in [-0.39, 0.29) is 30.9 Å². The number of ether oxygens (including phenoxy) is 9. The third-order valence-electron chi connectivity index (χ3n) is 15.1. The van der Waals surface area contributed by atoms with Crippen LogP contribution in [-0.2, 0) is 47.4 Å². The van der Waals surface area contributed by atoms with Crippen molar-refractivity contribution in [3.63, 3.8) is 0 Å². The number of fused-ring (bicyclic) bond motifs is 3. The van der Waals surface area contributed by atoms with E-state index in [1.807, 2.05) is 0 Å². The number of aliphatic hydroxyl groups excluding tert-OH is 3. The number of benzene rings is 1. The first-order chi connectivity index (χ1) is 32.8. The van der Waals surface area contributed by atoms with Crippen LogP contribution < -0.4 is 11.1 Å². The highest BCUT2D eigenvalue weighted by Gasteiger charge is 2.71. The summed E-state index contributed by atoms with van der Waals surface area (Å²) in [6.07, 6.45) is -16.3. The van der Waals surface area contributed by atoms with Crippen LogP contribution in [0.2, 0.25) is 0 Å². The maximum Gasteiger partial charge on any atom is 0.312 e. The molecule has 1 aromatic carbocycles. The zero-order valence-electron chi connectivity index (χ0n) is 40.3. The smallest absolute Gasteiger partial charge is 0.312 e. The van der Waals surface area contributed by atoms with E-state index in [1.165, 1.54) is 25.3 Å². The number of phenolic OH excluding ortho intramolecular Hbond substituents is 1. The zero-order valence-corrected chi connectivity index (χ0v) is 40.3. The van der Waals surface area contributed by atoms with Gasteiger partial charge in [-0.2, -0.15) is 0 Å². The van der Waals surface area contributed by atoms with Crippen LogP contribution in [0.1, 0.15) is 119 Å². The van der Waals surface area contributed by atoms with Crippen LogP contribution in [0.3, 0.4) is 0 Å². The average molecular weight is 991 g/mol. The SMILES string of the molecule is CO[C@@H]1C[C@H](O[C@@H]2C=C(C)C[C@@]3(O)[C@H](OC(C)=O)[C@H](O)C4=C(C(=O)c5ccc([C@H]6C[C@@H](O[C@H]7C[C@](C)(O)[C@H](O[C@H]8CC[C@H](NC(N)=O)[C@@H](C)O8)[C@@H](C)O7)[C@H](O)[C@@H](C)O6)c(O)c5C4=O)[C@@]23O)O[C@@H](C)[C@H]1O. The van der Waals surface area contributed by atoms with Gasteiger partial charge in [-0.1, -0.05) is 17.7 Å². The summed E-state index contributed by atoms with van der Waals surface area (Å²) in [6.45, 7) is 10.8. The van der Waals surface area contributed by atoms with Crippen molar-refractivity contribution in [1.29, 1.82) is 0 Å². The molecule has 8 rings (SSSR count). The molecule has 70 heavy (non-hydrogen) atoms. The molecule has 4 heterocycles. The van der Waals surface area contributed by atoms with E-state index in [0.29, 0.717) is 18.4 Å². The van der Waals surface area contributed by atoms with Crippen LogP contribution in [0.5, 0.6) is 5.75 Å². The van der Waals surface area contributed by atoms with E-state index in [9.17, 15) is 54.9 Å². The highest BCUT2D eigenvalue weighted by molar-refractivity contribution is 6.29. The van der Waals surface area contributed by atoms with Crippen molar-refractivity contribution in [2.24, 2.45) is 5.73 Å². The first-order valence-corrected chi connectivity index (χ1v) is 23.7. The number of methoxy groups -OCH3 is 1. The molecule has 0 bridgehead atoms. The predicted octanol–water partition coefficient (Wildman–Crippen LogP) is 0.511. The summed E-state index contributed by atoms with van der Waals surface area (Å²) in [7, 11) is 1.38. The summed E-state index contributed by atoms with van der Waals surface area (Å²) in [5.74, 6) is -3.91. The molecule has 388 valence electrons. The van der Waals surface area contributed by atoms with Gasteiger partial charge in [0.2, 0.25) is 0 Å². The van der Waals surface area contributed by atoms with E-state index in [4.69, 9.17) is 48.4 Å². The molecule has 7 aliphatic rings. The molecule has 0 aromatic heterocycles. The van der Waals surface area contributed by atoms with Gasteiger partial charge in [-0.3, -0.25) is 14.4 Å². The second-order valence-electron chi connectivity index (χ2n) is 20.1. The number of carbonyl (C=O) groups excluding carboxylic acids is 4. The number of amides is 2. The Morgan fingerprint density at radius 1 is 0.814 bits per heavy atom. The molecule has 2 amide bonds. The summed E-state index contributed by atoms with van der Waals surface area (Å²) < 4.78 is 54.0. The molecule has 1 aromatic rings. The van der Waals surface area contributed by atoms with Gasteiger partial charge in [0.1, 0.15) is 41.9 Å². The fourth-order valence-corrected chi connectivity index (χ4v) is 11.6. The topological polar surface area (TPSA) is 331 Å². The minimum absolute atomic E-state index is 0.00222. The molecule has 4 aliphatic heterocycles. The van der Waals surface area contributed by atoms with Crippen molar-refractivity contribution in [3.8, 4) is 5.75 Å². The van der Waals surface area contributed by atoms with Crippen molar-refractivity contribution < 1.29 is 97.6 Å². The maximum atomic E-state index is 14.9. The lowest BCUT2D eigenvalue weighted by Crippen LogP contribution is -2.76. The number of aromatic hydroxyl groups is 1. The summed E-state index contributed by atoms with van der Waals surface area (Å²) in [5.41, 5.74) is -3.88. The summed E-state index contributed by atoms with van der Waals surface area (Å²) in [6, 6.07) is 1.60. The second-order valence-corrected chi connectivity index (χ2v) is 20.1. The van der Waals surface area contributed by atoms with Gasteiger partial charge in [-0.05, 0) is 54.0 Å². The molecule has 22 nitrogen and oxygen atoms in total. The molecule has 0 saturated carbocycles. The Labute approximate surface area is 403 Å². The van der Waals surface area contributed by atoms with Gasteiger partial charge in [0.05, 0.1) is 59.9 Å². The molecule has 0 unspecified atom stereocenters. The largest absolute Gasteiger partial charge is 0.507 e.